The van der Waals surface area contributed by atoms with E-state index in [1.54, 1.807) is 36.4 Å². The number of carboxylic acids is 1. The molecule has 0 atom stereocenters. The Morgan fingerprint density at radius 2 is 1.90 bits per heavy atom. The van der Waals surface area contributed by atoms with Crippen LogP contribution in [0.3, 0.4) is 0 Å². The van der Waals surface area contributed by atoms with Gasteiger partial charge in [0.05, 0.1) is 16.4 Å². The van der Waals surface area contributed by atoms with E-state index in [0.717, 1.165) is 4.90 Å². The number of imide groups is 2. The van der Waals surface area contributed by atoms with Gasteiger partial charge in [0, 0.05) is 0 Å². The predicted molar refractivity (Wildman–Crippen MR) is 114 cm³/mol. The van der Waals surface area contributed by atoms with Gasteiger partial charge in [-0.1, -0.05) is 18.2 Å². The van der Waals surface area contributed by atoms with Crippen LogP contribution in [0, 0.1) is 3.57 Å². The van der Waals surface area contributed by atoms with Crippen LogP contribution in [-0.2, 0) is 14.4 Å². The predicted octanol–water partition coefficient (Wildman–Crippen LogP) is 2.43. The Morgan fingerprint density at radius 3 is 2.53 bits per heavy atom. The SMILES string of the molecule is COc1cc(/C=C2\C(=O)NC(=O)N(c3ccccc3)C2=O)cc(I)c1OCC(=O)O. The second-order valence-electron chi connectivity index (χ2n) is 6.01. The molecular weight excluding hydrogens is 507 g/mol. The van der Waals surface area contributed by atoms with Crippen molar-refractivity contribution in [3.63, 3.8) is 0 Å². The topological polar surface area (TPSA) is 122 Å². The molecule has 1 fully saturated rings. The molecule has 1 heterocycles. The fourth-order valence-electron chi connectivity index (χ4n) is 2.73. The third-order valence-corrected chi connectivity index (χ3v) is 4.82. The van der Waals surface area contributed by atoms with Crippen LogP contribution in [0.25, 0.3) is 6.08 Å². The highest BCUT2D eigenvalue weighted by atomic mass is 127. The fourth-order valence-corrected chi connectivity index (χ4v) is 3.51. The molecule has 2 N–H and O–H groups in total. The summed E-state index contributed by atoms with van der Waals surface area (Å²) in [5.41, 5.74) is 0.512. The van der Waals surface area contributed by atoms with E-state index in [9.17, 15) is 19.2 Å². The smallest absolute Gasteiger partial charge is 0.341 e. The largest absolute Gasteiger partial charge is 0.493 e. The number of rotatable bonds is 6. The third kappa shape index (κ3) is 4.43. The first-order chi connectivity index (χ1) is 14.3. The minimum absolute atomic E-state index is 0.225. The molecule has 30 heavy (non-hydrogen) atoms. The van der Waals surface area contributed by atoms with E-state index in [0.29, 0.717) is 14.8 Å². The van der Waals surface area contributed by atoms with Crippen LogP contribution < -0.4 is 19.7 Å². The van der Waals surface area contributed by atoms with E-state index in [1.165, 1.54) is 19.3 Å². The molecule has 2 aromatic carbocycles. The van der Waals surface area contributed by atoms with Gasteiger partial charge >= 0.3 is 12.0 Å². The summed E-state index contributed by atoms with van der Waals surface area (Å²) in [5, 5.41) is 11.0. The summed E-state index contributed by atoms with van der Waals surface area (Å²) in [6.45, 7) is -0.554. The number of amides is 4. The Labute approximate surface area is 184 Å². The number of hydrogen-bond acceptors (Lipinski definition) is 6. The first-order valence-electron chi connectivity index (χ1n) is 8.50. The molecule has 1 aliphatic heterocycles. The zero-order valence-corrected chi connectivity index (χ0v) is 17.7. The maximum absolute atomic E-state index is 12.9. The Morgan fingerprint density at radius 1 is 1.20 bits per heavy atom. The van der Waals surface area contributed by atoms with E-state index in [4.69, 9.17) is 14.6 Å². The number of carbonyl (C=O) groups excluding carboxylic acids is 3. The highest BCUT2D eigenvalue weighted by Gasteiger charge is 2.36. The van der Waals surface area contributed by atoms with Crippen molar-refractivity contribution in [2.24, 2.45) is 0 Å². The van der Waals surface area contributed by atoms with Crippen molar-refractivity contribution in [2.45, 2.75) is 0 Å². The van der Waals surface area contributed by atoms with E-state index >= 15 is 0 Å². The lowest BCUT2D eigenvalue weighted by atomic mass is 10.1. The van der Waals surface area contributed by atoms with Crippen LogP contribution in [0.4, 0.5) is 10.5 Å². The van der Waals surface area contributed by atoms with Crippen molar-refractivity contribution in [1.29, 1.82) is 0 Å². The van der Waals surface area contributed by atoms with E-state index in [1.807, 2.05) is 22.6 Å². The molecular formula is C20H15IN2O7. The average Bonchev–Trinajstić information content (AvgIpc) is 2.70. The maximum Gasteiger partial charge on any atom is 0.341 e. The second kappa shape index (κ2) is 8.95. The lowest BCUT2D eigenvalue weighted by molar-refractivity contribution is -0.139. The van der Waals surface area contributed by atoms with Crippen molar-refractivity contribution in [2.75, 3.05) is 18.6 Å². The van der Waals surface area contributed by atoms with Gasteiger partial charge in [0.25, 0.3) is 11.8 Å². The maximum atomic E-state index is 12.9. The summed E-state index contributed by atoms with van der Waals surface area (Å²) < 4.78 is 11.0. The standard InChI is InChI=1S/C20H15IN2O7/c1-29-15-9-11(8-14(21)17(15)30-10-16(24)25)7-13-18(26)22-20(28)23(19(13)27)12-5-3-2-4-6-12/h2-9H,10H2,1H3,(H,24,25)(H,22,26,28)/b13-7+. The molecule has 3 rings (SSSR count). The van der Waals surface area contributed by atoms with Gasteiger partial charge in [-0.2, -0.15) is 0 Å². The molecule has 0 radical (unpaired) electrons. The van der Waals surface area contributed by atoms with E-state index < -0.39 is 30.4 Å². The molecule has 0 spiro atoms. The van der Waals surface area contributed by atoms with Crippen LogP contribution in [0.15, 0.2) is 48.0 Å². The summed E-state index contributed by atoms with van der Waals surface area (Å²) in [6, 6.07) is 10.5. The Kier molecular flexibility index (Phi) is 6.35. The number of para-hydroxylation sites is 1. The molecule has 0 aromatic heterocycles. The lowest BCUT2D eigenvalue weighted by Gasteiger charge is -2.26. The van der Waals surface area contributed by atoms with Gasteiger partial charge in [-0.25, -0.2) is 14.5 Å². The Bertz CT molecular complexity index is 1070. The molecule has 154 valence electrons. The van der Waals surface area contributed by atoms with Crippen molar-refractivity contribution in [3.8, 4) is 11.5 Å². The number of aliphatic carboxylic acids is 1. The van der Waals surface area contributed by atoms with Crippen LogP contribution in [-0.4, -0.2) is 42.6 Å². The van der Waals surface area contributed by atoms with Gasteiger partial charge in [-0.15, -0.1) is 0 Å². The van der Waals surface area contributed by atoms with E-state index in [-0.39, 0.29) is 17.1 Å². The fraction of sp³-hybridized carbons (Fsp3) is 0.100. The normalized spacial score (nSPS) is 15.2. The zero-order valence-electron chi connectivity index (χ0n) is 15.5. The molecule has 2 aromatic rings. The first-order valence-corrected chi connectivity index (χ1v) is 9.58. The van der Waals surface area contributed by atoms with Crippen LogP contribution >= 0.6 is 22.6 Å². The molecule has 4 amide bonds. The molecule has 0 bridgehead atoms. The molecule has 0 aliphatic carbocycles. The van der Waals surface area contributed by atoms with Gasteiger partial charge in [-0.3, -0.25) is 14.9 Å². The Hall–Kier alpha value is -3.41. The van der Waals surface area contributed by atoms with Crippen molar-refractivity contribution in [1.82, 2.24) is 5.32 Å². The van der Waals surface area contributed by atoms with Crippen LogP contribution in [0.2, 0.25) is 0 Å². The van der Waals surface area contributed by atoms with Gasteiger partial charge in [0.15, 0.2) is 18.1 Å². The number of methoxy groups -OCH3 is 1. The number of nitrogens with zero attached hydrogens (tertiary/aromatic N) is 1. The van der Waals surface area contributed by atoms with Gasteiger partial charge in [0.1, 0.15) is 5.57 Å². The van der Waals surface area contributed by atoms with Gasteiger partial charge in [0.2, 0.25) is 0 Å². The minimum Gasteiger partial charge on any atom is -0.493 e. The zero-order chi connectivity index (χ0) is 21.8. The summed E-state index contributed by atoms with van der Waals surface area (Å²) in [7, 11) is 1.38. The number of barbiturate groups is 1. The minimum atomic E-state index is -1.14. The summed E-state index contributed by atoms with van der Waals surface area (Å²) in [5.74, 6) is -2.28. The monoisotopic (exact) mass is 522 g/mol. The van der Waals surface area contributed by atoms with Crippen molar-refractivity contribution >= 4 is 58.2 Å². The molecule has 0 unspecified atom stereocenters. The number of carboxylic acid groups (broad SMARTS) is 1. The Balaban J connectivity index is 1.99. The van der Waals surface area contributed by atoms with Gasteiger partial charge < -0.3 is 14.6 Å². The second-order valence-corrected chi connectivity index (χ2v) is 7.17. The number of nitrogens with one attached hydrogen (secondary N) is 1. The number of anilines is 1. The van der Waals surface area contributed by atoms with Crippen molar-refractivity contribution < 1.29 is 33.8 Å². The summed E-state index contributed by atoms with van der Waals surface area (Å²) in [4.78, 5) is 49.0. The number of hydrogen-bond donors (Lipinski definition) is 2. The summed E-state index contributed by atoms with van der Waals surface area (Å²) in [6.07, 6.45) is 1.33. The number of halogens is 1. The number of urea groups is 1. The van der Waals surface area contributed by atoms with E-state index in [2.05, 4.69) is 5.32 Å². The van der Waals surface area contributed by atoms with Crippen LogP contribution in [0.5, 0.6) is 11.5 Å². The molecule has 10 heteroatoms. The van der Waals surface area contributed by atoms with Gasteiger partial charge in [-0.05, 0) is 58.5 Å². The third-order valence-electron chi connectivity index (χ3n) is 4.02. The summed E-state index contributed by atoms with van der Waals surface area (Å²) >= 11 is 1.93. The highest BCUT2D eigenvalue weighted by molar-refractivity contribution is 14.1. The van der Waals surface area contributed by atoms with Crippen molar-refractivity contribution in [3.05, 3.63) is 57.2 Å². The number of carbonyl (C=O) groups is 4. The molecule has 1 saturated heterocycles. The number of benzene rings is 2. The molecule has 1 aliphatic rings. The molecule has 9 nitrogen and oxygen atoms in total. The van der Waals surface area contributed by atoms with Crippen LogP contribution in [0.1, 0.15) is 5.56 Å². The lowest BCUT2D eigenvalue weighted by Crippen LogP contribution is -2.54. The quantitative estimate of drug-likeness (QED) is 0.340. The molecule has 0 saturated carbocycles. The highest BCUT2D eigenvalue weighted by Crippen LogP contribution is 2.35. The number of ether oxygens (including phenoxy) is 2. The first kappa shape index (κ1) is 21.3. The average molecular weight is 522 g/mol.